The first-order valence-corrected chi connectivity index (χ1v) is 10.6. The van der Waals surface area contributed by atoms with Gasteiger partial charge < -0.3 is 5.32 Å². The van der Waals surface area contributed by atoms with Crippen LogP contribution in [0.25, 0.3) is 0 Å². The lowest BCUT2D eigenvalue weighted by molar-refractivity contribution is 0.102. The number of hydrogen-bond donors (Lipinski definition) is 2. The highest BCUT2D eigenvalue weighted by Crippen LogP contribution is 2.24. The molecule has 0 unspecified atom stereocenters. The maximum atomic E-state index is 12.5. The minimum Gasteiger partial charge on any atom is -0.321 e. The Morgan fingerprint density at radius 3 is 2.43 bits per heavy atom. The number of anilines is 2. The third-order valence-electron chi connectivity index (χ3n) is 3.97. The Balaban J connectivity index is 1.73. The maximum Gasteiger partial charge on any atom is 0.255 e. The van der Waals surface area contributed by atoms with Gasteiger partial charge in [0.15, 0.2) is 0 Å². The second-order valence-electron chi connectivity index (χ2n) is 6.36. The van der Waals surface area contributed by atoms with Gasteiger partial charge in [-0.05, 0) is 48.4 Å². The summed E-state index contributed by atoms with van der Waals surface area (Å²) in [5.41, 5.74) is 2.79. The van der Waals surface area contributed by atoms with Gasteiger partial charge >= 0.3 is 0 Å². The molecule has 5 nitrogen and oxygen atoms in total. The first-order valence-electron chi connectivity index (χ1n) is 8.54. The third-order valence-corrected chi connectivity index (χ3v) is 5.54. The molecule has 0 heterocycles. The fourth-order valence-corrected chi connectivity index (χ4v) is 4.12. The Labute approximate surface area is 169 Å². The van der Waals surface area contributed by atoms with Crippen LogP contribution in [0.15, 0.2) is 72.8 Å². The van der Waals surface area contributed by atoms with Crippen LogP contribution in [-0.2, 0) is 15.8 Å². The van der Waals surface area contributed by atoms with Crippen molar-refractivity contribution in [3.05, 3.63) is 94.5 Å². The van der Waals surface area contributed by atoms with Gasteiger partial charge in [-0.15, -0.1) is 0 Å². The average molecular weight is 415 g/mol. The van der Waals surface area contributed by atoms with Crippen LogP contribution in [0.4, 0.5) is 11.4 Å². The van der Waals surface area contributed by atoms with Crippen molar-refractivity contribution in [3.63, 3.8) is 0 Å². The standard InChI is InChI=1S/C21H19ClN2O3S/c1-15-10-11-20(19(22)12-15)23-21(25)17-8-5-9-18(13-17)24-28(26,27)14-16-6-3-2-4-7-16/h2-13,24H,14H2,1H3,(H,23,25). The molecule has 0 bridgehead atoms. The van der Waals surface area contributed by atoms with Crippen LogP contribution >= 0.6 is 11.6 Å². The van der Waals surface area contributed by atoms with Crippen molar-refractivity contribution in [3.8, 4) is 0 Å². The predicted molar refractivity (Wildman–Crippen MR) is 113 cm³/mol. The van der Waals surface area contributed by atoms with E-state index in [-0.39, 0.29) is 11.7 Å². The Kier molecular flexibility index (Phi) is 6.02. The summed E-state index contributed by atoms with van der Waals surface area (Å²) in [6.45, 7) is 1.91. The molecule has 3 rings (SSSR count). The van der Waals surface area contributed by atoms with Gasteiger partial charge in [-0.3, -0.25) is 9.52 Å². The normalized spacial score (nSPS) is 11.1. The summed E-state index contributed by atoms with van der Waals surface area (Å²) in [5, 5.41) is 3.17. The van der Waals surface area contributed by atoms with E-state index in [1.54, 1.807) is 54.6 Å². The molecule has 3 aromatic carbocycles. The van der Waals surface area contributed by atoms with Crippen LogP contribution in [0.3, 0.4) is 0 Å². The molecule has 0 atom stereocenters. The largest absolute Gasteiger partial charge is 0.321 e. The molecule has 0 saturated heterocycles. The minimum absolute atomic E-state index is 0.150. The second kappa shape index (κ2) is 8.46. The van der Waals surface area contributed by atoms with E-state index in [1.807, 2.05) is 19.1 Å². The Morgan fingerprint density at radius 2 is 1.71 bits per heavy atom. The fourth-order valence-electron chi connectivity index (χ4n) is 2.65. The lowest BCUT2D eigenvalue weighted by Crippen LogP contribution is -2.16. The van der Waals surface area contributed by atoms with Crippen LogP contribution in [0, 0.1) is 6.92 Å². The highest BCUT2D eigenvalue weighted by Gasteiger charge is 2.14. The van der Waals surface area contributed by atoms with E-state index in [2.05, 4.69) is 10.0 Å². The number of sulfonamides is 1. The van der Waals surface area contributed by atoms with Crippen LogP contribution in [0.2, 0.25) is 5.02 Å². The lowest BCUT2D eigenvalue weighted by Gasteiger charge is -2.11. The molecule has 1 amide bonds. The van der Waals surface area contributed by atoms with Crippen molar-refractivity contribution in [1.29, 1.82) is 0 Å². The van der Waals surface area contributed by atoms with Crippen molar-refractivity contribution in [1.82, 2.24) is 0 Å². The van der Waals surface area contributed by atoms with Crippen LogP contribution in [0.5, 0.6) is 0 Å². The topological polar surface area (TPSA) is 75.3 Å². The molecule has 0 saturated carbocycles. The summed E-state index contributed by atoms with van der Waals surface area (Å²) >= 11 is 6.15. The van der Waals surface area contributed by atoms with E-state index in [4.69, 9.17) is 11.6 Å². The zero-order chi connectivity index (χ0) is 20.1. The summed E-state index contributed by atoms with van der Waals surface area (Å²) in [6.07, 6.45) is 0. The Bertz CT molecular complexity index is 1100. The SMILES string of the molecule is Cc1ccc(NC(=O)c2cccc(NS(=O)(=O)Cc3ccccc3)c2)c(Cl)c1. The molecule has 0 spiro atoms. The van der Waals surface area contributed by atoms with Gasteiger partial charge in [-0.1, -0.05) is 54.1 Å². The predicted octanol–water partition coefficient (Wildman–Crippen LogP) is 4.84. The molecular formula is C21H19ClN2O3S. The molecule has 0 aliphatic rings. The van der Waals surface area contributed by atoms with Crippen molar-refractivity contribution in [2.75, 3.05) is 10.0 Å². The number of carbonyl (C=O) groups is 1. The molecule has 28 heavy (non-hydrogen) atoms. The highest BCUT2D eigenvalue weighted by molar-refractivity contribution is 7.91. The van der Waals surface area contributed by atoms with E-state index < -0.39 is 10.0 Å². The smallest absolute Gasteiger partial charge is 0.255 e. The number of rotatable bonds is 6. The molecule has 0 radical (unpaired) electrons. The molecule has 3 aromatic rings. The van der Waals surface area contributed by atoms with Gasteiger partial charge in [0.05, 0.1) is 16.5 Å². The van der Waals surface area contributed by atoms with E-state index in [9.17, 15) is 13.2 Å². The van der Waals surface area contributed by atoms with Gasteiger partial charge in [0.2, 0.25) is 10.0 Å². The van der Waals surface area contributed by atoms with E-state index in [0.29, 0.717) is 27.5 Å². The van der Waals surface area contributed by atoms with Crippen molar-refractivity contribution in [2.24, 2.45) is 0 Å². The zero-order valence-electron chi connectivity index (χ0n) is 15.1. The average Bonchev–Trinajstić information content (AvgIpc) is 2.64. The third kappa shape index (κ3) is 5.34. The first-order chi connectivity index (χ1) is 13.3. The number of nitrogens with one attached hydrogen (secondary N) is 2. The van der Waals surface area contributed by atoms with Gasteiger partial charge in [0.25, 0.3) is 5.91 Å². The Hall–Kier alpha value is -2.83. The highest BCUT2D eigenvalue weighted by atomic mass is 35.5. The molecule has 2 N–H and O–H groups in total. The molecule has 144 valence electrons. The van der Waals surface area contributed by atoms with Gasteiger partial charge in [0, 0.05) is 11.3 Å². The van der Waals surface area contributed by atoms with Gasteiger partial charge in [-0.25, -0.2) is 8.42 Å². The molecule has 0 aliphatic heterocycles. The van der Waals surface area contributed by atoms with Crippen molar-refractivity contribution < 1.29 is 13.2 Å². The lowest BCUT2D eigenvalue weighted by atomic mass is 10.1. The zero-order valence-corrected chi connectivity index (χ0v) is 16.7. The summed E-state index contributed by atoms with van der Waals surface area (Å²) in [7, 11) is -3.60. The molecule has 0 aromatic heterocycles. The molecule has 0 fully saturated rings. The van der Waals surface area contributed by atoms with Crippen molar-refractivity contribution >= 4 is 38.9 Å². The number of hydrogen-bond acceptors (Lipinski definition) is 3. The number of halogens is 1. The van der Waals surface area contributed by atoms with E-state index >= 15 is 0 Å². The second-order valence-corrected chi connectivity index (χ2v) is 8.49. The van der Waals surface area contributed by atoms with Crippen LogP contribution < -0.4 is 10.0 Å². The maximum absolute atomic E-state index is 12.5. The first kappa shape index (κ1) is 19.9. The van der Waals surface area contributed by atoms with E-state index in [0.717, 1.165) is 5.56 Å². The minimum atomic E-state index is -3.60. The molecule has 0 aliphatic carbocycles. The number of amides is 1. The van der Waals surface area contributed by atoms with Crippen LogP contribution in [0.1, 0.15) is 21.5 Å². The molecule has 7 heteroatoms. The fraction of sp³-hybridized carbons (Fsp3) is 0.0952. The van der Waals surface area contributed by atoms with Crippen molar-refractivity contribution in [2.45, 2.75) is 12.7 Å². The molecular weight excluding hydrogens is 396 g/mol. The number of benzene rings is 3. The Morgan fingerprint density at radius 1 is 0.964 bits per heavy atom. The quantitative estimate of drug-likeness (QED) is 0.605. The summed E-state index contributed by atoms with van der Waals surface area (Å²) < 4.78 is 27.3. The number of carbonyl (C=O) groups excluding carboxylic acids is 1. The van der Waals surface area contributed by atoms with Gasteiger partial charge in [0.1, 0.15) is 0 Å². The van der Waals surface area contributed by atoms with Gasteiger partial charge in [-0.2, -0.15) is 0 Å². The monoisotopic (exact) mass is 414 g/mol. The van der Waals surface area contributed by atoms with Crippen LogP contribution in [-0.4, -0.2) is 14.3 Å². The summed E-state index contributed by atoms with van der Waals surface area (Å²) in [5.74, 6) is -0.529. The van der Waals surface area contributed by atoms with E-state index in [1.165, 1.54) is 6.07 Å². The number of aryl methyl sites for hydroxylation is 1. The summed E-state index contributed by atoms with van der Waals surface area (Å²) in [4.78, 5) is 12.5. The summed E-state index contributed by atoms with van der Waals surface area (Å²) in [6, 6.07) is 20.5.